The Labute approximate surface area is 213 Å². The Kier molecular flexibility index (Phi) is 7.44. The average molecular weight is 529 g/mol. The number of amides is 2. The van der Waals surface area contributed by atoms with Gasteiger partial charge in [-0.05, 0) is 48.5 Å². The summed E-state index contributed by atoms with van der Waals surface area (Å²) in [6.45, 7) is 0.854. The summed E-state index contributed by atoms with van der Waals surface area (Å²) < 4.78 is 51.9. The van der Waals surface area contributed by atoms with Crippen molar-refractivity contribution in [3.05, 3.63) is 83.9 Å². The molecule has 0 spiro atoms. The molecule has 0 bridgehead atoms. The van der Waals surface area contributed by atoms with Crippen molar-refractivity contribution in [3.8, 4) is 0 Å². The zero-order valence-electron chi connectivity index (χ0n) is 20.1. The lowest BCUT2D eigenvalue weighted by Gasteiger charge is -2.37. The quantitative estimate of drug-likeness (QED) is 0.494. The number of rotatable bonds is 6. The molecular formula is C26H26F2N4O4S. The minimum atomic E-state index is -3.67. The number of hydrogen-bond donors (Lipinski definition) is 1. The van der Waals surface area contributed by atoms with Gasteiger partial charge in [-0.1, -0.05) is 18.2 Å². The Balaban J connectivity index is 1.52. The minimum absolute atomic E-state index is 0.0499. The SMILES string of the molecule is CS(=O)(=O)c1cc(F)ccc1N1CCN(C(=O)CN(C(=O)c2cc(F)ccc2N)c2ccccc2)CC1. The Morgan fingerprint density at radius 2 is 1.54 bits per heavy atom. The second-order valence-corrected chi connectivity index (χ2v) is 10.7. The minimum Gasteiger partial charge on any atom is -0.398 e. The summed E-state index contributed by atoms with van der Waals surface area (Å²) in [6, 6.07) is 15.6. The first-order valence-corrected chi connectivity index (χ1v) is 13.4. The van der Waals surface area contributed by atoms with Gasteiger partial charge < -0.3 is 15.5 Å². The summed E-state index contributed by atoms with van der Waals surface area (Å²) >= 11 is 0. The first-order chi connectivity index (χ1) is 17.5. The Morgan fingerprint density at radius 1 is 0.919 bits per heavy atom. The third-order valence-corrected chi connectivity index (χ3v) is 7.27. The van der Waals surface area contributed by atoms with Gasteiger partial charge in [0.05, 0.1) is 16.1 Å². The lowest BCUT2D eigenvalue weighted by Crippen LogP contribution is -2.52. The molecule has 1 heterocycles. The topological polar surface area (TPSA) is 104 Å². The molecule has 11 heteroatoms. The van der Waals surface area contributed by atoms with E-state index in [1.807, 2.05) is 0 Å². The second kappa shape index (κ2) is 10.6. The van der Waals surface area contributed by atoms with E-state index in [0.29, 0.717) is 24.5 Å². The van der Waals surface area contributed by atoms with Crippen molar-refractivity contribution in [2.75, 3.05) is 54.5 Å². The van der Waals surface area contributed by atoms with Gasteiger partial charge in [-0.15, -0.1) is 0 Å². The monoisotopic (exact) mass is 528 g/mol. The molecule has 3 aromatic rings. The van der Waals surface area contributed by atoms with Crippen LogP contribution < -0.4 is 15.5 Å². The van der Waals surface area contributed by atoms with E-state index in [1.165, 1.54) is 23.1 Å². The standard InChI is InChI=1S/C26H26F2N4O4S/c1-37(35,36)24-16-19(28)8-10-23(24)30-11-13-31(14-12-30)25(33)17-32(20-5-3-2-4-6-20)26(34)21-15-18(27)7-9-22(21)29/h2-10,15-16H,11-14,17,29H2,1H3. The molecule has 3 aromatic carbocycles. The van der Waals surface area contributed by atoms with Crippen LogP contribution in [0.1, 0.15) is 10.4 Å². The average Bonchev–Trinajstić information content (AvgIpc) is 2.88. The van der Waals surface area contributed by atoms with Crippen molar-refractivity contribution >= 4 is 38.7 Å². The lowest BCUT2D eigenvalue weighted by molar-refractivity contribution is -0.129. The zero-order chi connectivity index (χ0) is 26.7. The molecule has 1 fully saturated rings. The third kappa shape index (κ3) is 5.88. The number of carbonyl (C=O) groups excluding carboxylic acids is 2. The number of hydrogen-bond acceptors (Lipinski definition) is 6. The zero-order valence-corrected chi connectivity index (χ0v) is 20.9. The van der Waals surface area contributed by atoms with Gasteiger partial charge in [0.2, 0.25) is 5.91 Å². The van der Waals surface area contributed by atoms with E-state index >= 15 is 0 Å². The van der Waals surface area contributed by atoms with Gasteiger partial charge in [0, 0.05) is 43.8 Å². The lowest BCUT2D eigenvalue weighted by atomic mass is 10.1. The number of piperazine rings is 1. The summed E-state index contributed by atoms with van der Waals surface area (Å²) in [5.41, 5.74) is 6.79. The number of nitrogens with zero attached hydrogens (tertiary/aromatic N) is 3. The van der Waals surface area contributed by atoms with Crippen LogP contribution in [0.5, 0.6) is 0 Å². The predicted molar refractivity (Wildman–Crippen MR) is 137 cm³/mol. The summed E-state index contributed by atoms with van der Waals surface area (Å²) in [7, 11) is -3.67. The fourth-order valence-electron chi connectivity index (χ4n) is 4.23. The number of halogens is 2. The highest BCUT2D eigenvalue weighted by molar-refractivity contribution is 7.90. The fraction of sp³-hybridized carbons (Fsp3) is 0.231. The maximum atomic E-state index is 13.9. The van der Waals surface area contributed by atoms with Gasteiger partial charge in [-0.2, -0.15) is 0 Å². The van der Waals surface area contributed by atoms with Gasteiger partial charge >= 0.3 is 0 Å². The summed E-state index contributed by atoms with van der Waals surface area (Å²) in [4.78, 5) is 31.1. The largest absolute Gasteiger partial charge is 0.398 e. The van der Waals surface area contributed by atoms with Crippen LogP contribution in [-0.4, -0.2) is 64.1 Å². The van der Waals surface area contributed by atoms with Crippen molar-refractivity contribution in [1.82, 2.24) is 4.90 Å². The van der Waals surface area contributed by atoms with Crippen LogP contribution in [0.4, 0.5) is 25.8 Å². The number of para-hydroxylation sites is 1. The normalized spacial score (nSPS) is 13.9. The van der Waals surface area contributed by atoms with Crippen LogP contribution >= 0.6 is 0 Å². The molecule has 0 radical (unpaired) electrons. The van der Waals surface area contributed by atoms with Crippen molar-refractivity contribution in [2.24, 2.45) is 0 Å². The van der Waals surface area contributed by atoms with Gasteiger partial charge in [-0.3, -0.25) is 14.5 Å². The molecule has 1 aliphatic heterocycles. The molecule has 1 aliphatic rings. The fourth-order valence-corrected chi connectivity index (χ4v) is 5.13. The molecule has 0 unspecified atom stereocenters. The third-order valence-electron chi connectivity index (χ3n) is 6.15. The Bertz CT molecular complexity index is 1430. The Morgan fingerprint density at radius 3 is 2.19 bits per heavy atom. The molecule has 0 aliphatic carbocycles. The molecule has 8 nitrogen and oxygen atoms in total. The van der Waals surface area contributed by atoms with Gasteiger partial charge in [0.1, 0.15) is 18.2 Å². The number of sulfone groups is 1. The molecule has 194 valence electrons. The van der Waals surface area contributed by atoms with E-state index < -0.39 is 27.4 Å². The smallest absolute Gasteiger partial charge is 0.260 e. The first kappa shape index (κ1) is 26.1. The van der Waals surface area contributed by atoms with Crippen LogP contribution in [0.3, 0.4) is 0 Å². The van der Waals surface area contributed by atoms with Crippen molar-refractivity contribution in [3.63, 3.8) is 0 Å². The van der Waals surface area contributed by atoms with E-state index in [9.17, 15) is 26.8 Å². The van der Waals surface area contributed by atoms with Crippen LogP contribution in [0.2, 0.25) is 0 Å². The van der Waals surface area contributed by atoms with E-state index in [-0.39, 0.29) is 41.7 Å². The highest BCUT2D eigenvalue weighted by Crippen LogP contribution is 2.27. The van der Waals surface area contributed by atoms with Gasteiger partial charge in [0.15, 0.2) is 9.84 Å². The summed E-state index contributed by atoms with van der Waals surface area (Å²) in [6.07, 6.45) is 1.02. The molecule has 1 saturated heterocycles. The molecule has 0 saturated carbocycles. The van der Waals surface area contributed by atoms with Gasteiger partial charge in [0.25, 0.3) is 5.91 Å². The van der Waals surface area contributed by atoms with Crippen LogP contribution in [0.15, 0.2) is 71.6 Å². The first-order valence-electron chi connectivity index (χ1n) is 11.5. The van der Waals surface area contributed by atoms with Crippen LogP contribution in [0, 0.1) is 11.6 Å². The van der Waals surface area contributed by atoms with Crippen molar-refractivity contribution in [1.29, 1.82) is 0 Å². The molecule has 0 atom stereocenters. The predicted octanol–water partition coefficient (Wildman–Crippen LogP) is 2.95. The van der Waals surface area contributed by atoms with E-state index in [2.05, 4.69) is 0 Å². The molecule has 0 aromatic heterocycles. The highest BCUT2D eigenvalue weighted by atomic mass is 32.2. The number of benzene rings is 3. The second-order valence-electron chi connectivity index (χ2n) is 8.71. The van der Waals surface area contributed by atoms with Crippen molar-refractivity contribution in [2.45, 2.75) is 4.90 Å². The highest BCUT2D eigenvalue weighted by Gasteiger charge is 2.29. The molecule has 4 rings (SSSR count). The van der Waals surface area contributed by atoms with Crippen LogP contribution in [0.25, 0.3) is 0 Å². The molecule has 2 N–H and O–H groups in total. The summed E-state index contributed by atoms with van der Waals surface area (Å²) in [5, 5.41) is 0. The maximum Gasteiger partial charge on any atom is 0.260 e. The van der Waals surface area contributed by atoms with Crippen LogP contribution in [-0.2, 0) is 14.6 Å². The van der Waals surface area contributed by atoms with E-state index in [4.69, 9.17) is 5.73 Å². The number of anilines is 3. The molecule has 2 amide bonds. The van der Waals surface area contributed by atoms with Crippen molar-refractivity contribution < 1.29 is 26.8 Å². The summed E-state index contributed by atoms with van der Waals surface area (Å²) in [5.74, 6) is -2.22. The number of nitrogens with two attached hydrogens (primary N) is 1. The van der Waals surface area contributed by atoms with Gasteiger partial charge in [-0.25, -0.2) is 17.2 Å². The maximum absolute atomic E-state index is 13.9. The van der Waals surface area contributed by atoms with E-state index in [0.717, 1.165) is 24.5 Å². The van der Waals surface area contributed by atoms with E-state index in [1.54, 1.807) is 40.1 Å². The molecule has 37 heavy (non-hydrogen) atoms. The number of carbonyl (C=O) groups is 2. The molecular weight excluding hydrogens is 502 g/mol. The Hall–Kier alpha value is -3.99. The number of nitrogen functional groups attached to an aromatic ring is 1.